The number of hydrogen-bond acceptors (Lipinski definition) is 8. The molecule has 0 spiro atoms. The highest BCUT2D eigenvalue weighted by atomic mass is 28.4. The van der Waals surface area contributed by atoms with Crippen molar-refractivity contribution in [2.45, 2.75) is 240 Å². The third kappa shape index (κ3) is 15.7. The van der Waals surface area contributed by atoms with Gasteiger partial charge in [0.2, 0.25) is 0 Å². The molecule has 2 aliphatic rings. The summed E-state index contributed by atoms with van der Waals surface area (Å²) in [4.78, 5) is 26.1. The van der Waals surface area contributed by atoms with Gasteiger partial charge in [0.15, 0.2) is 25.0 Å². The van der Waals surface area contributed by atoms with Crippen molar-refractivity contribution in [3.8, 4) is 0 Å². The Morgan fingerprint density at radius 1 is 0.847 bits per heavy atom. The van der Waals surface area contributed by atoms with E-state index in [0.717, 1.165) is 79.2 Å². The van der Waals surface area contributed by atoms with Crippen LogP contribution in [0, 0.1) is 17.8 Å². The topological polar surface area (TPSA) is 92.8 Å². The molecule has 2 heterocycles. The molecule has 0 amide bonds. The third-order valence-electron chi connectivity index (χ3n) is 14.6. The smallest absolute Gasteiger partial charge is 0.308 e. The summed E-state index contributed by atoms with van der Waals surface area (Å²) < 4.78 is 40.1. The number of carbonyl (C=O) groups excluding carboxylic acids is 2. The van der Waals surface area contributed by atoms with E-state index >= 15 is 0 Å². The highest BCUT2D eigenvalue weighted by Crippen LogP contribution is 2.42. The van der Waals surface area contributed by atoms with Gasteiger partial charge in [0, 0.05) is 31.3 Å². The van der Waals surface area contributed by atoms with E-state index in [4.69, 9.17) is 27.5 Å². The standard InChI is InChI=1S/C48H90O8Si3/c1-17-42(55-58(21-5,22-6)23-7)39(14)47-44(52-47)35-48(16,56-59(24-8,25-9)26-10)33-27-28-37(12)46-38(13)30-32-43(51-40(15)49)36(11)29-31-41(34-45(50)53-46)54-57(18-2,19-3)20-4/h27-28,30,32-33,36,38-39,41-44,46-47H,17-26,29,31,34-35H2,1-16H3. The zero-order valence-electron chi connectivity index (χ0n) is 40.7. The lowest BCUT2D eigenvalue weighted by Crippen LogP contribution is -2.46. The number of cyclic esters (lactones) is 1. The number of epoxide rings is 1. The Morgan fingerprint density at radius 2 is 1.41 bits per heavy atom. The van der Waals surface area contributed by atoms with Crippen LogP contribution in [0.25, 0.3) is 0 Å². The van der Waals surface area contributed by atoms with E-state index in [1.54, 1.807) is 0 Å². The minimum absolute atomic E-state index is 0.0726. The average Bonchev–Trinajstić information content (AvgIpc) is 3.99. The van der Waals surface area contributed by atoms with Gasteiger partial charge in [0.05, 0.1) is 30.3 Å². The molecule has 2 aliphatic heterocycles. The van der Waals surface area contributed by atoms with Crippen LogP contribution in [0.2, 0.25) is 54.4 Å². The van der Waals surface area contributed by atoms with Crippen molar-refractivity contribution >= 4 is 36.9 Å². The van der Waals surface area contributed by atoms with Crippen molar-refractivity contribution < 1.29 is 37.1 Å². The van der Waals surface area contributed by atoms with E-state index in [2.05, 4.69) is 115 Å². The number of allylic oxidation sites excluding steroid dienone is 2. The van der Waals surface area contributed by atoms with E-state index in [9.17, 15) is 9.59 Å². The molecule has 0 N–H and O–H groups in total. The van der Waals surface area contributed by atoms with Gasteiger partial charge < -0.3 is 27.5 Å². The Bertz CT molecular complexity index is 1330. The van der Waals surface area contributed by atoms with E-state index in [1.165, 1.54) is 6.92 Å². The van der Waals surface area contributed by atoms with Crippen molar-refractivity contribution in [3.63, 3.8) is 0 Å². The molecule has 0 aromatic heterocycles. The SMILES string of the molecule is CCC(O[Si](CC)(CC)CC)C(C)C1OC1CC(C)(C=CC=C(C)C1OC(=O)CC(O[Si](CC)(CC)CC)CCC(C)C(OC(C)=O)C=CC1C)O[Si](CC)(CC)CC. The van der Waals surface area contributed by atoms with Gasteiger partial charge in [-0.1, -0.05) is 114 Å². The largest absolute Gasteiger partial charge is 0.458 e. The molecule has 10 atom stereocenters. The molecule has 1 fully saturated rings. The predicted octanol–water partition coefficient (Wildman–Crippen LogP) is 13.1. The van der Waals surface area contributed by atoms with Gasteiger partial charge in [0.1, 0.15) is 12.2 Å². The maximum Gasteiger partial charge on any atom is 0.308 e. The van der Waals surface area contributed by atoms with Gasteiger partial charge in [-0.3, -0.25) is 9.59 Å². The lowest BCUT2D eigenvalue weighted by Gasteiger charge is -2.39. The molecule has 10 unspecified atom stereocenters. The highest BCUT2D eigenvalue weighted by Gasteiger charge is 2.50. The van der Waals surface area contributed by atoms with Crippen LogP contribution in [0.1, 0.15) is 143 Å². The molecule has 342 valence electrons. The van der Waals surface area contributed by atoms with Gasteiger partial charge in [-0.05, 0) is 105 Å². The highest BCUT2D eigenvalue weighted by molar-refractivity contribution is 6.74. The summed E-state index contributed by atoms with van der Waals surface area (Å²) in [5.41, 5.74) is 0.417. The Balaban J connectivity index is 2.49. The van der Waals surface area contributed by atoms with Crippen molar-refractivity contribution in [3.05, 3.63) is 36.0 Å². The van der Waals surface area contributed by atoms with Crippen molar-refractivity contribution in [2.24, 2.45) is 17.8 Å². The monoisotopic (exact) mass is 879 g/mol. The summed E-state index contributed by atoms with van der Waals surface area (Å²) in [5.74, 6) is -0.304. The Labute approximate surface area is 365 Å². The molecule has 0 aromatic carbocycles. The number of hydrogen-bond donors (Lipinski definition) is 0. The van der Waals surface area contributed by atoms with Crippen LogP contribution in [-0.4, -0.2) is 79.1 Å². The number of esters is 2. The molecule has 59 heavy (non-hydrogen) atoms. The summed E-state index contributed by atoms with van der Waals surface area (Å²) in [6, 6.07) is 9.65. The normalized spacial score (nSPS) is 27.4. The molecule has 0 aliphatic carbocycles. The fourth-order valence-electron chi connectivity index (χ4n) is 9.46. The van der Waals surface area contributed by atoms with Gasteiger partial charge in [-0.15, -0.1) is 0 Å². The number of rotatable bonds is 24. The first kappa shape index (κ1) is 53.8. The lowest BCUT2D eigenvalue weighted by atomic mass is 9.91. The van der Waals surface area contributed by atoms with Crippen LogP contribution in [0.5, 0.6) is 0 Å². The second kappa shape index (κ2) is 25.1. The minimum Gasteiger partial charge on any atom is -0.458 e. The fourth-order valence-corrected chi connectivity index (χ4v) is 18.5. The van der Waals surface area contributed by atoms with Gasteiger partial charge in [-0.25, -0.2) is 0 Å². The molecule has 0 bridgehead atoms. The van der Waals surface area contributed by atoms with Crippen molar-refractivity contribution in [2.75, 3.05) is 0 Å². The van der Waals surface area contributed by atoms with Crippen molar-refractivity contribution in [1.29, 1.82) is 0 Å². The van der Waals surface area contributed by atoms with Gasteiger partial charge >= 0.3 is 11.9 Å². The van der Waals surface area contributed by atoms with E-state index < -0.39 is 36.7 Å². The fraction of sp³-hybridized carbons (Fsp3) is 0.833. The first-order valence-electron chi connectivity index (χ1n) is 24.0. The molecule has 2 rings (SSSR count). The van der Waals surface area contributed by atoms with Crippen LogP contribution in [0.3, 0.4) is 0 Å². The number of carbonyl (C=O) groups is 2. The first-order chi connectivity index (χ1) is 27.9. The van der Waals surface area contributed by atoms with E-state index in [0.29, 0.717) is 12.3 Å². The van der Waals surface area contributed by atoms with Gasteiger partial charge in [0.25, 0.3) is 0 Å². The van der Waals surface area contributed by atoms with Gasteiger partial charge in [-0.2, -0.15) is 0 Å². The third-order valence-corrected chi connectivity index (χ3v) is 28.7. The average molecular weight is 879 g/mol. The maximum atomic E-state index is 13.9. The molecule has 0 radical (unpaired) electrons. The van der Waals surface area contributed by atoms with Crippen LogP contribution < -0.4 is 0 Å². The minimum atomic E-state index is -2.00. The van der Waals surface area contributed by atoms with Crippen LogP contribution >= 0.6 is 0 Å². The molecule has 1 saturated heterocycles. The zero-order chi connectivity index (χ0) is 44.6. The lowest BCUT2D eigenvalue weighted by molar-refractivity contribution is -0.151. The molecular weight excluding hydrogens is 789 g/mol. The second-order valence-electron chi connectivity index (χ2n) is 18.4. The Hall–Kier alpha value is -1.35. The van der Waals surface area contributed by atoms with Crippen LogP contribution in [0.4, 0.5) is 0 Å². The Morgan fingerprint density at radius 3 is 1.92 bits per heavy atom. The van der Waals surface area contributed by atoms with Crippen LogP contribution in [0.15, 0.2) is 36.0 Å². The first-order valence-corrected chi connectivity index (χ1v) is 31.6. The van der Waals surface area contributed by atoms with E-state index in [-0.39, 0.29) is 60.7 Å². The molecule has 0 saturated carbocycles. The van der Waals surface area contributed by atoms with E-state index in [1.807, 2.05) is 19.1 Å². The molecule has 11 heteroatoms. The van der Waals surface area contributed by atoms with Crippen LogP contribution in [-0.2, 0) is 37.1 Å². The second-order valence-corrected chi connectivity index (χ2v) is 32.5. The number of ether oxygens (including phenoxy) is 3. The Kier molecular flexibility index (Phi) is 22.9. The molecule has 8 nitrogen and oxygen atoms in total. The summed E-state index contributed by atoms with van der Waals surface area (Å²) in [5, 5.41) is 0. The quantitative estimate of drug-likeness (QED) is 0.0311. The predicted molar refractivity (Wildman–Crippen MR) is 253 cm³/mol. The maximum absolute atomic E-state index is 13.9. The molecular formula is C48H90O8Si3. The summed E-state index contributed by atoms with van der Waals surface area (Å²) in [7, 11) is -5.75. The summed E-state index contributed by atoms with van der Waals surface area (Å²) in [6.07, 6.45) is 13.3. The summed E-state index contributed by atoms with van der Waals surface area (Å²) in [6.45, 7) is 34.9. The summed E-state index contributed by atoms with van der Waals surface area (Å²) >= 11 is 0. The van der Waals surface area contributed by atoms with Crippen molar-refractivity contribution in [1.82, 2.24) is 0 Å². The molecule has 0 aromatic rings. The zero-order valence-corrected chi connectivity index (χ0v) is 43.7.